The molecule has 1 aliphatic rings. The van der Waals surface area contributed by atoms with Crippen molar-refractivity contribution in [3.05, 3.63) is 63.6 Å². The average Bonchev–Trinajstić information content (AvgIpc) is 2.83. The monoisotopic (exact) mass is 492 g/mol. The highest BCUT2D eigenvalue weighted by molar-refractivity contribution is 6.32. The molecule has 7 nitrogen and oxygen atoms in total. The minimum Gasteiger partial charge on any atom is -0.493 e. The molecule has 0 radical (unpaired) electrons. The zero-order chi connectivity index (χ0) is 24.0. The Morgan fingerprint density at radius 3 is 2.27 bits per heavy atom. The summed E-state index contributed by atoms with van der Waals surface area (Å²) in [7, 11) is 4.40. The van der Waals surface area contributed by atoms with Crippen molar-refractivity contribution in [2.45, 2.75) is 6.04 Å². The van der Waals surface area contributed by atoms with Crippen molar-refractivity contribution in [3.8, 4) is 11.5 Å². The average molecular weight is 493 g/mol. The summed E-state index contributed by atoms with van der Waals surface area (Å²) in [5.41, 5.74) is 1.41. The number of carbonyl (C=O) groups is 2. The number of esters is 1. The fourth-order valence-corrected chi connectivity index (χ4v) is 4.32. The Labute approximate surface area is 203 Å². The van der Waals surface area contributed by atoms with Gasteiger partial charge in [0.05, 0.1) is 26.4 Å². The van der Waals surface area contributed by atoms with E-state index < -0.39 is 6.04 Å². The summed E-state index contributed by atoms with van der Waals surface area (Å²) >= 11 is 12.6. The minimum atomic E-state index is -0.620. The smallest absolute Gasteiger partial charge is 0.327 e. The van der Waals surface area contributed by atoms with Crippen LogP contribution in [0.3, 0.4) is 0 Å². The third-order valence-electron chi connectivity index (χ3n) is 5.49. The molecule has 0 spiro atoms. The van der Waals surface area contributed by atoms with Crippen LogP contribution in [0.5, 0.6) is 11.5 Å². The molecule has 1 saturated heterocycles. The third kappa shape index (κ3) is 5.79. The molecule has 1 heterocycles. The van der Waals surface area contributed by atoms with Crippen LogP contribution in [-0.4, -0.2) is 69.2 Å². The van der Waals surface area contributed by atoms with Gasteiger partial charge < -0.3 is 19.1 Å². The van der Waals surface area contributed by atoms with Crippen molar-refractivity contribution in [1.82, 2.24) is 9.80 Å². The van der Waals surface area contributed by atoms with Gasteiger partial charge in [-0.15, -0.1) is 0 Å². The van der Waals surface area contributed by atoms with Crippen LogP contribution in [0.4, 0.5) is 0 Å². The summed E-state index contributed by atoms with van der Waals surface area (Å²) in [5.74, 6) is 0.414. The second kappa shape index (κ2) is 11.4. The van der Waals surface area contributed by atoms with Crippen molar-refractivity contribution >= 4 is 41.2 Å². The van der Waals surface area contributed by atoms with Crippen LogP contribution in [0.15, 0.2) is 42.5 Å². The Morgan fingerprint density at radius 1 is 0.970 bits per heavy atom. The van der Waals surface area contributed by atoms with Gasteiger partial charge in [-0.05, 0) is 35.4 Å². The first-order valence-electron chi connectivity index (χ1n) is 10.3. The Morgan fingerprint density at radius 2 is 1.67 bits per heavy atom. The number of hydrogen-bond acceptors (Lipinski definition) is 6. The Kier molecular flexibility index (Phi) is 8.61. The molecule has 0 saturated carbocycles. The van der Waals surface area contributed by atoms with Crippen LogP contribution in [0.2, 0.25) is 10.0 Å². The number of methoxy groups -OCH3 is 3. The molecule has 2 aromatic rings. The van der Waals surface area contributed by atoms with Crippen molar-refractivity contribution in [3.63, 3.8) is 0 Å². The lowest BCUT2D eigenvalue weighted by Gasteiger charge is -2.38. The van der Waals surface area contributed by atoms with Crippen LogP contribution >= 0.6 is 23.2 Å². The summed E-state index contributed by atoms with van der Waals surface area (Å²) < 4.78 is 15.6. The van der Waals surface area contributed by atoms with E-state index in [2.05, 4.69) is 0 Å². The zero-order valence-corrected chi connectivity index (χ0v) is 20.2. The largest absolute Gasteiger partial charge is 0.493 e. The molecule has 0 bridgehead atoms. The van der Waals surface area contributed by atoms with Gasteiger partial charge in [0.25, 0.3) is 0 Å². The number of carbonyl (C=O) groups excluding carboxylic acids is 2. The first-order valence-corrected chi connectivity index (χ1v) is 11.1. The van der Waals surface area contributed by atoms with Gasteiger partial charge in [-0.2, -0.15) is 0 Å². The van der Waals surface area contributed by atoms with E-state index in [9.17, 15) is 9.59 Å². The molecular weight excluding hydrogens is 467 g/mol. The molecule has 176 valence electrons. The molecule has 2 aromatic carbocycles. The highest BCUT2D eigenvalue weighted by atomic mass is 35.5. The fourth-order valence-electron chi connectivity index (χ4n) is 3.79. The second-order valence-corrected chi connectivity index (χ2v) is 8.19. The van der Waals surface area contributed by atoms with Gasteiger partial charge in [0.15, 0.2) is 11.5 Å². The van der Waals surface area contributed by atoms with E-state index in [4.69, 9.17) is 37.4 Å². The number of nitrogens with zero attached hydrogens (tertiary/aromatic N) is 2. The maximum absolute atomic E-state index is 12.7. The van der Waals surface area contributed by atoms with E-state index in [1.807, 2.05) is 23.1 Å². The third-order valence-corrected chi connectivity index (χ3v) is 6.11. The van der Waals surface area contributed by atoms with Crippen molar-refractivity contribution in [2.24, 2.45) is 0 Å². The van der Waals surface area contributed by atoms with Gasteiger partial charge in [0.1, 0.15) is 6.04 Å². The first-order chi connectivity index (χ1) is 15.9. The summed E-state index contributed by atoms with van der Waals surface area (Å²) in [6.07, 6.45) is 3.18. The number of amides is 1. The first kappa shape index (κ1) is 24.9. The quantitative estimate of drug-likeness (QED) is 0.428. The maximum Gasteiger partial charge on any atom is 0.327 e. The van der Waals surface area contributed by atoms with E-state index in [1.165, 1.54) is 27.4 Å². The highest BCUT2D eigenvalue weighted by Gasteiger charge is 2.33. The number of benzene rings is 2. The number of ether oxygens (including phenoxy) is 3. The predicted octanol–water partition coefficient (Wildman–Crippen LogP) is 4.08. The summed E-state index contributed by atoms with van der Waals surface area (Å²) in [6.45, 7) is 1.95. The van der Waals surface area contributed by atoms with Gasteiger partial charge in [-0.25, -0.2) is 4.79 Å². The molecule has 0 aromatic heterocycles. The van der Waals surface area contributed by atoms with E-state index in [1.54, 1.807) is 29.2 Å². The van der Waals surface area contributed by atoms with Crippen LogP contribution < -0.4 is 9.47 Å². The summed E-state index contributed by atoms with van der Waals surface area (Å²) in [4.78, 5) is 29.0. The van der Waals surface area contributed by atoms with Crippen LogP contribution in [0, 0.1) is 0 Å². The second-order valence-electron chi connectivity index (χ2n) is 7.38. The highest BCUT2D eigenvalue weighted by Crippen LogP contribution is 2.36. The van der Waals surface area contributed by atoms with Crippen LogP contribution in [0.1, 0.15) is 17.2 Å². The van der Waals surface area contributed by atoms with Gasteiger partial charge in [-0.1, -0.05) is 41.4 Å². The van der Waals surface area contributed by atoms with Crippen molar-refractivity contribution in [1.29, 1.82) is 0 Å². The normalized spacial score (nSPS) is 15.4. The molecule has 33 heavy (non-hydrogen) atoms. The van der Waals surface area contributed by atoms with Crippen LogP contribution in [-0.2, 0) is 14.3 Å². The van der Waals surface area contributed by atoms with E-state index >= 15 is 0 Å². The number of halogens is 2. The van der Waals surface area contributed by atoms with Gasteiger partial charge in [0, 0.05) is 37.3 Å². The van der Waals surface area contributed by atoms with Crippen molar-refractivity contribution in [2.75, 3.05) is 47.5 Å². The molecule has 0 aliphatic carbocycles. The molecule has 3 rings (SSSR count). The molecule has 1 fully saturated rings. The lowest BCUT2D eigenvalue weighted by atomic mass is 10.0. The Bertz CT molecular complexity index is 1040. The molecular formula is C24H26Cl2N2O5. The van der Waals surface area contributed by atoms with E-state index in [0.717, 1.165) is 0 Å². The Balaban J connectivity index is 1.68. The minimum absolute atomic E-state index is 0.132. The van der Waals surface area contributed by atoms with E-state index in [-0.39, 0.29) is 11.9 Å². The van der Waals surface area contributed by atoms with E-state index in [0.29, 0.717) is 58.9 Å². The zero-order valence-electron chi connectivity index (χ0n) is 18.7. The molecule has 0 N–H and O–H groups in total. The summed E-state index contributed by atoms with van der Waals surface area (Å²) in [6, 6.07) is 10.0. The molecule has 1 aliphatic heterocycles. The lowest BCUT2D eigenvalue weighted by Crippen LogP contribution is -2.50. The molecule has 1 unspecified atom stereocenters. The number of piperazine rings is 1. The maximum atomic E-state index is 12.7. The number of rotatable bonds is 7. The Hall–Kier alpha value is -2.74. The SMILES string of the molecule is COC(=O)C(c1ccccc1Cl)N1CCN(C(=O)/C=C/c2cc(Cl)c(OC)c(OC)c2)CC1. The molecule has 9 heteroatoms. The molecule has 1 atom stereocenters. The fraction of sp³-hybridized carbons (Fsp3) is 0.333. The summed E-state index contributed by atoms with van der Waals surface area (Å²) in [5, 5.41) is 0.897. The topological polar surface area (TPSA) is 68.3 Å². The molecule has 1 amide bonds. The van der Waals surface area contributed by atoms with Gasteiger partial charge in [0.2, 0.25) is 5.91 Å². The van der Waals surface area contributed by atoms with Crippen LogP contribution in [0.25, 0.3) is 6.08 Å². The van der Waals surface area contributed by atoms with Gasteiger partial charge in [-0.3, -0.25) is 9.69 Å². The predicted molar refractivity (Wildman–Crippen MR) is 128 cm³/mol. The van der Waals surface area contributed by atoms with Gasteiger partial charge >= 0.3 is 5.97 Å². The lowest BCUT2D eigenvalue weighted by molar-refractivity contribution is -0.148. The standard InChI is InChI=1S/C24H26Cl2N2O5/c1-31-20-15-16(14-19(26)23(20)32-2)8-9-21(29)27-10-12-28(13-11-27)22(24(30)33-3)17-6-4-5-7-18(17)25/h4-9,14-15,22H,10-13H2,1-3H3/b9-8+. The van der Waals surface area contributed by atoms with Crippen molar-refractivity contribution < 1.29 is 23.8 Å². The number of hydrogen-bond donors (Lipinski definition) is 0.